The molecule has 9 heteroatoms. The molecule has 1 aliphatic rings. The molecule has 2 aromatic rings. The Morgan fingerprint density at radius 2 is 2.12 bits per heavy atom. The van der Waals surface area contributed by atoms with Gasteiger partial charge in [-0.3, -0.25) is 4.18 Å². The summed E-state index contributed by atoms with van der Waals surface area (Å²) in [6.45, 7) is 11.0. The molecule has 0 atom stereocenters. The van der Waals surface area contributed by atoms with E-state index in [1.165, 1.54) is 4.57 Å². The van der Waals surface area contributed by atoms with E-state index in [1.54, 1.807) is 36.9 Å². The second-order valence-electron chi connectivity index (χ2n) is 6.74. The maximum absolute atomic E-state index is 12.3. The smallest absolute Gasteiger partial charge is 0.385 e. The number of ether oxygens (including phenoxy) is 1. The van der Waals surface area contributed by atoms with Gasteiger partial charge in [-0.25, -0.2) is 9.41 Å². The van der Waals surface area contributed by atoms with Crippen LogP contribution in [0.3, 0.4) is 0 Å². The average molecular weight is 378 g/mol. The summed E-state index contributed by atoms with van der Waals surface area (Å²) >= 11 is 0. The van der Waals surface area contributed by atoms with Crippen molar-refractivity contribution < 1.29 is 26.7 Å². The van der Waals surface area contributed by atoms with Crippen molar-refractivity contribution in [3.05, 3.63) is 35.4 Å². The number of aryl methyl sites for hydroxylation is 1. The Hall–Kier alpha value is -2.44. The summed E-state index contributed by atoms with van der Waals surface area (Å²) in [7, 11) is -3.43. The Kier molecular flexibility index (Phi) is 4.50. The Balaban J connectivity index is 1.92. The Morgan fingerprint density at radius 1 is 1.38 bits per heavy atom. The molecule has 0 unspecified atom stereocenters. The minimum Gasteiger partial charge on any atom is -0.385 e. The summed E-state index contributed by atoms with van der Waals surface area (Å²) < 4.78 is 35.4. The van der Waals surface area contributed by atoms with E-state index in [-0.39, 0.29) is 6.61 Å². The highest BCUT2D eigenvalue weighted by Gasteiger charge is 2.42. The Bertz CT molecular complexity index is 1030. The molecule has 26 heavy (non-hydrogen) atoms. The quantitative estimate of drug-likeness (QED) is 0.334. The van der Waals surface area contributed by atoms with Crippen molar-refractivity contribution in [3.8, 4) is 0 Å². The van der Waals surface area contributed by atoms with Gasteiger partial charge >= 0.3 is 6.09 Å². The van der Waals surface area contributed by atoms with Crippen LogP contribution in [0.25, 0.3) is 15.9 Å². The number of cyclic esters (lactones) is 1. The number of rotatable bonds is 6. The van der Waals surface area contributed by atoms with Crippen LogP contribution in [0.1, 0.15) is 32.3 Å². The molecule has 2 aromatic heterocycles. The van der Waals surface area contributed by atoms with Crippen LogP contribution < -0.4 is 4.57 Å². The third-order valence-electron chi connectivity index (χ3n) is 4.26. The number of pyridine rings is 1. The van der Waals surface area contributed by atoms with Gasteiger partial charge in [0.1, 0.15) is 12.4 Å². The van der Waals surface area contributed by atoms with Crippen LogP contribution in [0.4, 0.5) is 10.5 Å². The fourth-order valence-corrected chi connectivity index (χ4v) is 3.51. The van der Waals surface area contributed by atoms with E-state index in [9.17, 15) is 13.2 Å². The molecule has 8 nitrogen and oxygen atoms in total. The number of unbranched alkanes of at least 4 members (excludes halogenated alkanes) is 1. The SMILES string of the molecule is [C-]#[N+]c1cc2c(CCCCOS(C)(=O)=O)cn3c2[n+](c1)C(C)(C)OC3=O. The number of hydrogen-bond donors (Lipinski definition) is 0. The van der Waals surface area contributed by atoms with Crippen molar-refractivity contribution in [2.75, 3.05) is 12.9 Å². The van der Waals surface area contributed by atoms with Crippen molar-refractivity contribution in [1.29, 1.82) is 0 Å². The standard InChI is InChI=1S/C17H20N3O5S/c1-17(2)20-11-13(18-3)9-14-12(7-5-6-8-24-26(4,22)23)10-19(15(14)20)16(21)25-17/h9-11H,5-8H2,1-2,4H3/q+1. The predicted octanol–water partition coefficient (Wildman–Crippen LogP) is 2.47. The summed E-state index contributed by atoms with van der Waals surface area (Å²) in [6, 6.07) is 1.77. The number of carbonyl (C=O) groups excluding carboxylic acids is 1. The first-order valence-corrected chi connectivity index (χ1v) is 9.99. The highest BCUT2D eigenvalue weighted by atomic mass is 32.2. The maximum atomic E-state index is 12.3. The van der Waals surface area contributed by atoms with E-state index in [2.05, 4.69) is 4.85 Å². The van der Waals surface area contributed by atoms with E-state index in [4.69, 9.17) is 15.5 Å². The van der Waals surface area contributed by atoms with Crippen LogP contribution in [0.5, 0.6) is 0 Å². The second-order valence-corrected chi connectivity index (χ2v) is 8.38. The van der Waals surface area contributed by atoms with Crippen LogP contribution in [0.2, 0.25) is 0 Å². The van der Waals surface area contributed by atoms with Gasteiger partial charge in [-0.15, -0.1) is 4.57 Å². The number of nitrogens with zero attached hydrogens (tertiary/aromatic N) is 3. The highest BCUT2D eigenvalue weighted by Crippen LogP contribution is 2.30. The van der Waals surface area contributed by atoms with Gasteiger partial charge in [0.15, 0.2) is 0 Å². The molecule has 1 aliphatic heterocycles. The molecule has 0 N–H and O–H groups in total. The lowest BCUT2D eigenvalue weighted by Crippen LogP contribution is -2.59. The highest BCUT2D eigenvalue weighted by molar-refractivity contribution is 7.85. The van der Waals surface area contributed by atoms with Gasteiger partial charge in [0.25, 0.3) is 21.5 Å². The zero-order valence-electron chi connectivity index (χ0n) is 14.9. The number of aromatic nitrogens is 2. The lowest BCUT2D eigenvalue weighted by molar-refractivity contribution is -0.779. The van der Waals surface area contributed by atoms with Gasteiger partial charge < -0.3 is 4.74 Å². The molecule has 0 saturated carbocycles. The number of hydrogen-bond acceptors (Lipinski definition) is 5. The molecule has 0 aliphatic carbocycles. The fraction of sp³-hybridized carbons (Fsp3) is 0.471. The van der Waals surface area contributed by atoms with E-state index in [0.717, 1.165) is 17.2 Å². The zero-order chi connectivity index (χ0) is 19.1. The fourth-order valence-electron chi connectivity index (χ4n) is 3.09. The monoisotopic (exact) mass is 378 g/mol. The van der Waals surface area contributed by atoms with E-state index >= 15 is 0 Å². The summed E-state index contributed by atoms with van der Waals surface area (Å²) in [5.41, 5.74) is 1.18. The molecule has 0 radical (unpaired) electrons. The molecule has 0 fully saturated rings. The zero-order valence-corrected chi connectivity index (χ0v) is 15.7. The van der Waals surface area contributed by atoms with E-state index < -0.39 is 21.9 Å². The molecule has 0 saturated heterocycles. The lowest BCUT2D eigenvalue weighted by Gasteiger charge is -2.26. The molecular weight excluding hydrogens is 358 g/mol. The first kappa shape index (κ1) is 18.4. The molecule has 3 heterocycles. The summed E-state index contributed by atoms with van der Waals surface area (Å²) in [6.07, 6.45) is 5.86. The van der Waals surface area contributed by atoms with Crippen LogP contribution in [0.15, 0.2) is 18.5 Å². The van der Waals surface area contributed by atoms with Crippen molar-refractivity contribution in [2.45, 2.75) is 38.8 Å². The van der Waals surface area contributed by atoms with Crippen molar-refractivity contribution in [2.24, 2.45) is 0 Å². The third kappa shape index (κ3) is 3.43. The summed E-state index contributed by atoms with van der Waals surface area (Å²) in [5, 5.41) is 0.826. The molecule has 0 amide bonds. The van der Waals surface area contributed by atoms with Crippen molar-refractivity contribution in [3.63, 3.8) is 0 Å². The predicted molar refractivity (Wildman–Crippen MR) is 93.3 cm³/mol. The molecular formula is C17H20N3O5S+. The van der Waals surface area contributed by atoms with E-state index in [1.807, 2.05) is 0 Å². The summed E-state index contributed by atoms with van der Waals surface area (Å²) in [4.78, 5) is 15.8. The molecule has 138 valence electrons. The first-order valence-electron chi connectivity index (χ1n) is 8.18. The van der Waals surface area contributed by atoms with Gasteiger partial charge in [0, 0.05) is 19.4 Å². The summed E-state index contributed by atoms with van der Waals surface area (Å²) in [5.74, 6) is 0. The third-order valence-corrected chi connectivity index (χ3v) is 4.86. The van der Waals surface area contributed by atoms with Gasteiger partial charge in [0.2, 0.25) is 5.69 Å². The topological polar surface area (TPSA) is 82.8 Å². The minimum atomic E-state index is -3.43. The van der Waals surface area contributed by atoms with Gasteiger partial charge in [-0.1, -0.05) is 0 Å². The first-order chi connectivity index (χ1) is 12.1. The van der Waals surface area contributed by atoms with Gasteiger partial charge in [0.05, 0.1) is 24.8 Å². The van der Waals surface area contributed by atoms with E-state index in [0.29, 0.717) is 30.6 Å². The lowest BCUT2D eigenvalue weighted by atomic mass is 10.1. The normalized spacial score (nSPS) is 15.7. The molecule has 0 bridgehead atoms. The maximum Gasteiger partial charge on any atom is 0.515 e. The number of carbonyl (C=O) groups is 1. The Morgan fingerprint density at radius 3 is 2.77 bits per heavy atom. The minimum absolute atomic E-state index is 0.125. The molecule has 3 rings (SSSR count). The van der Waals surface area contributed by atoms with Gasteiger partial charge in [-0.2, -0.15) is 13.2 Å². The van der Waals surface area contributed by atoms with Crippen molar-refractivity contribution in [1.82, 2.24) is 4.57 Å². The van der Waals surface area contributed by atoms with Crippen LogP contribution in [-0.2, 0) is 31.2 Å². The van der Waals surface area contributed by atoms with Crippen LogP contribution in [-0.4, -0.2) is 31.9 Å². The van der Waals surface area contributed by atoms with Crippen molar-refractivity contribution >= 4 is 32.9 Å². The molecule has 0 spiro atoms. The van der Waals surface area contributed by atoms with Crippen LogP contribution in [0, 0.1) is 6.57 Å². The molecule has 0 aromatic carbocycles. The van der Waals surface area contributed by atoms with Crippen LogP contribution >= 0.6 is 0 Å². The second kappa shape index (κ2) is 6.37. The Labute approximate surface area is 151 Å². The van der Waals surface area contributed by atoms with Gasteiger partial charge in [-0.05, 0) is 25.3 Å². The average Bonchev–Trinajstić information content (AvgIpc) is 2.90. The largest absolute Gasteiger partial charge is 0.515 e.